The van der Waals surface area contributed by atoms with Crippen LogP contribution in [-0.2, 0) is 24.8 Å². The van der Waals surface area contributed by atoms with Gasteiger partial charge in [-0.3, -0.25) is 0 Å². The number of aryl methyl sites for hydroxylation is 2. The fraction of sp³-hybridized carbons (Fsp3) is 0.474. The Labute approximate surface area is 147 Å². The number of fused-ring (bicyclic) bond motifs is 2. The molecule has 2 aromatic heterocycles. The normalized spacial score (nSPS) is 17.1. The number of aromatic nitrogens is 3. The third-order valence-electron chi connectivity index (χ3n) is 5.25. The Morgan fingerprint density at radius 2 is 2.00 bits per heavy atom. The first-order chi connectivity index (χ1) is 12.2. The minimum absolute atomic E-state index is 0.200. The summed E-state index contributed by atoms with van der Waals surface area (Å²) in [6.07, 6.45) is 8.64. The monoisotopic (exact) mass is 340 g/mol. The van der Waals surface area contributed by atoms with Crippen LogP contribution in [0.25, 0.3) is 5.57 Å². The maximum atomic E-state index is 12.0. The summed E-state index contributed by atoms with van der Waals surface area (Å²) in [6.45, 7) is 4.64. The number of ether oxygens (including phenoxy) is 1. The molecule has 6 nitrogen and oxygen atoms in total. The molecule has 2 aliphatic rings. The van der Waals surface area contributed by atoms with Crippen molar-refractivity contribution < 1.29 is 9.53 Å². The van der Waals surface area contributed by atoms with Gasteiger partial charge in [0.1, 0.15) is 5.82 Å². The van der Waals surface area contributed by atoms with Crippen LogP contribution >= 0.6 is 0 Å². The summed E-state index contributed by atoms with van der Waals surface area (Å²) < 4.78 is 9.61. The maximum Gasteiger partial charge on any atom is 0.409 e. The van der Waals surface area contributed by atoms with Crippen LogP contribution in [0.15, 0.2) is 30.2 Å². The largest absolute Gasteiger partial charge is 0.450 e. The zero-order chi connectivity index (χ0) is 17.4. The van der Waals surface area contributed by atoms with E-state index in [0.29, 0.717) is 19.7 Å². The molecule has 1 amide bonds. The van der Waals surface area contributed by atoms with Crippen LogP contribution in [0.1, 0.15) is 36.8 Å². The quantitative estimate of drug-likeness (QED) is 0.802. The molecule has 0 radical (unpaired) electrons. The van der Waals surface area contributed by atoms with Gasteiger partial charge >= 0.3 is 6.09 Å². The van der Waals surface area contributed by atoms with Crippen LogP contribution in [0.5, 0.6) is 0 Å². The molecule has 25 heavy (non-hydrogen) atoms. The maximum absolute atomic E-state index is 12.0. The molecule has 0 atom stereocenters. The molecule has 2 aliphatic heterocycles. The van der Waals surface area contributed by atoms with Gasteiger partial charge in [-0.2, -0.15) is 0 Å². The van der Waals surface area contributed by atoms with Crippen LogP contribution in [0.2, 0.25) is 0 Å². The smallest absolute Gasteiger partial charge is 0.409 e. The first kappa shape index (κ1) is 16.0. The highest BCUT2D eigenvalue weighted by Crippen LogP contribution is 2.36. The molecular weight excluding hydrogens is 316 g/mol. The van der Waals surface area contributed by atoms with E-state index in [0.717, 1.165) is 31.6 Å². The molecule has 1 fully saturated rings. The van der Waals surface area contributed by atoms with Crippen LogP contribution in [0.4, 0.5) is 4.79 Å². The second kappa shape index (κ2) is 6.43. The van der Waals surface area contributed by atoms with Crippen molar-refractivity contribution in [2.45, 2.75) is 32.7 Å². The van der Waals surface area contributed by atoms with Crippen molar-refractivity contribution in [3.8, 4) is 0 Å². The number of rotatable bonds is 1. The van der Waals surface area contributed by atoms with Gasteiger partial charge in [0.25, 0.3) is 0 Å². The van der Waals surface area contributed by atoms with Crippen molar-refractivity contribution in [1.29, 1.82) is 0 Å². The summed E-state index contributed by atoms with van der Waals surface area (Å²) in [5, 5.41) is 0. The van der Waals surface area contributed by atoms with Crippen molar-refractivity contribution in [2.75, 3.05) is 19.7 Å². The average molecular weight is 340 g/mol. The van der Waals surface area contributed by atoms with Crippen LogP contribution < -0.4 is 0 Å². The number of carbonyl (C=O) groups is 1. The highest BCUT2D eigenvalue weighted by molar-refractivity contribution is 5.81. The van der Waals surface area contributed by atoms with E-state index in [1.54, 1.807) is 0 Å². The van der Waals surface area contributed by atoms with E-state index in [1.165, 1.54) is 22.4 Å². The molecule has 0 aromatic carbocycles. The predicted octanol–water partition coefficient (Wildman–Crippen LogP) is 2.83. The zero-order valence-corrected chi connectivity index (χ0v) is 14.9. The summed E-state index contributed by atoms with van der Waals surface area (Å²) in [5.74, 6) is 1.06. The highest BCUT2D eigenvalue weighted by atomic mass is 16.6. The van der Waals surface area contributed by atoms with E-state index in [2.05, 4.69) is 39.6 Å². The Kier molecular flexibility index (Phi) is 4.11. The van der Waals surface area contributed by atoms with Crippen molar-refractivity contribution in [1.82, 2.24) is 19.0 Å². The van der Waals surface area contributed by atoms with Gasteiger partial charge in [0.2, 0.25) is 0 Å². The third kappa shape index (κ3) is 2.75. The number of imidazole rings is 1. The van der Waals surface area contributed by atoms with Gasteiger partial charge in [0.05, 0.1) is 6.61 Å². The molecule has 0 saturated carbocycles. The van der Waals surface area contributed by atoms with Gasteiger partial charge in [0.15, 0.2) is 0 Å². The summed E-state index contributed by atoms with van der Waals surface area (Å²) in [4.78, 5) is 18.4. The Balaban J connectivity index is 1.71. The molecule has 0 unspecified atom stereocenters. The van der Waals surface area contributed by atoms with E-state index >= 15 is 0 Å². The minimum atomic E-state index is -0.200. The summed E-state index contributed by atoms with van der Waals surface area (Å²) in [5.41, 5.74) is 5.32. The Morgan fingerprint density at radius 3 is 2.76 bits per heavy atom. The molecule has 1 saturated heterocycles. The van der Waals surface area contributed by atoms with Gasteiger partial charge in [-0.15, -0.1) is 0 Å². The summed E-state index contributed by atoms with van der Waals surface area (Å²) >= 11 is 0. The first-order valence-corrected chi connectivity index (χ1v) is 8.98. The van der Waals surface area contributed by atoms with Crippen LogP contribution in [-0.4, -0.2) is 44.8 Å². The lowest BCUT2D eigenvalue weighted by Crippen LogP contribution is -2.37. The third-order valence-corrected chi connectivity index (χ3v) is 5.25. The minimum Gasteiger partial charge on any atom is -0.450 e. The number of piperidine rings is 1. The molecule has 6 heteroatoms. The standard InChI is InChI=1S/C19H24N4O2/c1-3-25-19(24)23-10-4-14(5-11-23)17-15-6-9-21(2)16(15)7-12-22-13-8-20-18(17)22/h6,8-9,13H,3-5,7,10-12H2,1-2H3. The number of hydrogen-bond donors (Lipinski definition) is 0. The van der Waals surface area contributed by atoms with Gasteiger partial charge < -0.3 is 18.8 Å². The number of hydrogen-bond acceptors (Lipinski definition) is 3. The molecule has 0 spiro atoms. The van der Waals surface area contributed by atoms with Gasteiger partial charge in [-0.25, -0.2) is 9.78 Å². The zero-order valence-electron chi connectivity index (χ0n) is 14.9. The number of amides is 1. The SMILES string of the molecule is CCOC(=O)N1CCC(=C2c3ccn(C)c3CCn3ccnc32)CC1. The number of carbonyl (C=O) groups excluding carboxylic acids is 1. The molecule has 4 rings (SSSR count). The van der Waals surface area contributed by atoms with Crippen LogP contribution in [0.3, 0.4) is 0 Å². The molecule has 2 aromatic rings. The number of nitrogens with zero attached hydrogens (tertiary/aromatic N) is 4. The fourth-order valence-electron chi connectivity index (χ4n) is 3.94. The highest BCUT2D eigenvalue weighted by Gasteiger charge is 2.27. The van der Waals surface area contributed by atoms with Gasteiger partial charge in [0, 0.05) is 68.5 Å². The topological polar surface area (TPSA) is 52.3 Å². The van der Waals surface area contributed by atoms with E-state index in [9.17, 15) is 4.79 Å². The summed E-state index contributed by atoms with van der Waals surface area (Å²) in [6, 6.07) is 2.21. The molecule has 0 bridgehead atoms. The van der Waals surface area contributed by atoms with E-state index < -0.39 is 0 Å². The predicted molar refractivity (Wildman–Crippen MR) is 95.2 cm³/mol. The lowest BCUT2D eigenvalue weighted by Gasteiger charge is -2.29. The average Bonchev–Trinajstić information content (AvgIpc) is 3.18. The molecule has 0 N–H and O–H groups in total. The second-order valence-electron chi connectivity index (χ2n) is 6.65. The van der Waals surface area contributed by atoms with Crippen LogP contribution in [0, 0.1) is 0 Å². The van der Waals surface area contributed by atoms with E-state index in [1.807, 2.05) is 18.0 Å². The first-order valence-electron chi connectivity index (χ1n) is 8.98. The Bertz CT molecular complexity index is 820. The second-order valence-corrected chi connectivity index (χ2v) is 6.65. The van der Waals surface area contributed by atoms with Gasteiger partial charge in [-0.05, 0) is 25.8 Å². The van der Waals surface area contributed by atoms with Crippen molar-refractivity contribution in [3.63, 3.8) is 0 Å². The van der Waals surface area contributed by atoms with E-state index in [4.69, 9.17) is 4.74 Å². The molecule has 0 aliphatic carbocycles. The lowest BCUT2D eigenvalue weighted by molar-refractivity contribution is 0.104. The fourth-order valence-corrected chi connectivity index (χ4v) is 3.94. The number of likely N-dealkylation sites (tertiary alicyclic amines) is 1. The lowest BCUT2D eigenvalue weighted by atomic mass is 9.92. The summed E-state index contributed by atoms with van der Waals surface area (Å²) in [7, 11) is 2.11. The molecule has 4 heterocycles. The van der Waals surface area contributed by atoms with Gasteiger partial charge in [-0.1, -0.05) is 5.57 Å². The Morgan fingerprint density at radius 1 is 1.20 bits per heavy atom. The molecular formula is C19H24N4O2. The Hall–Kier alpha value is -2.50. The van der Waals surface area contributed by atoms with E-state index in [-0.39, 0.29) is 6.09 Å². The molecule has 132 valence electrons. The van der Waals surface area contributed by atoms with Crippen molar-refractivity contribution >= 4 is 11.7 Å². The van der Waals surface area contributed by atoms with Crippen molar-refractivity contribution in [2.24, 2.45) is 7.05 Å². The van der Waals surface area contributed by atoms with Crippen molar-refractivity contribution in [3.05, 3.63) is 47.3 Å².